The molecule has 0 unspecified atom stereocenters. The SMILES string of the molecule is O=C([O-])c1cc(F)c(F)c(O)c1F.O=C([O-])c1cc(F)c(F)c(O)c1F.[Mn+2].[OH3+].[OH3+].c1cc(-c2ccncc2)ccn1.c1cc(-c2ccncc2)ccn1. The molecule has 0 fully saturated rings. The van der Waals surface area contributed by atoms with Gasteiger partial charge in [0.25, 0.3) is 0 Å². The van der Waals surface area contributed by atoms with Gasteiger partial charge in [-0.2, -0.15) is 8.78 Å². The number of aromatic nitrogens is 4. The minimum Gasteiger partial charge on any atom is -0.545 e. The molecule has 0 aliphatic heterocycles. The maximum absolute atomic E-state index is 12.6. The van der Waals surface area contributed by atoms with Gasteiger partial charge in [-0.05, 0) is 82.9 Å². The number of benzene rings is 2. The number of hydrogen-bond donors (Lipinski definition) is 2. The van der Waals surface area contributed by atoms with Crippen molar-refractivity contribution in [2.75, 3.05) is 0 Å². The first-order valence-electron chi connectivity index (χ1n) is 13.6. The average molecular weight is 788 g/mol. The number of nitrogens with zero attached hydrogens (tertiary/aromatic N) is 4. The number of pyridine rings is 4. The number of carboxylic acids is 2. The molecule has 0 aliphatic rings. The second-order valence-electron chi connectivity index (χ2n) is 9.28. The number of rotatable bonds is 4. The van der Waals surface area contributed by atoms with Crippen molar-refractivity contribution in [1.29, 1.82) is 0 Å². The van der Waals surface area contributed by atoms with Crippen molar-refractivity contribution in [3.63, 3.8) is 0 Å². The van der Waals surface area contributed by atoms with Crippen molar-refractivity contribution >= 4 is 11.9 Å². The summed E-state index contributed by atoms with van der Waals surface area (Å²) in [6.07, 6.45) is 14.3. The van der Waals surface area contributed by atoms with Gasteiger partial charge in [0.15, 0.2) is 34.8 Å². The van der Waals surface area contributed by atoms with Crippen molar-refractivity contribution in [2.45, 2.75) is 0 Å². The number of aromatic carboxylic acids is 2. The number of carbonyl (C=O) groups is 2. The Hall–Kier alpha value is -6.40. The number of hydrogen-bond acceptors (Lipinski definition) is 10. The molecule has 6 rings (SSSR count). The summed E-state index contributed by atoms with van der Waals surface area (Å²) >= 11 is 0. The average Bonchev–Trinajstić information content (AvgIpc) is 3.15. The Labute approximate surface area is 305 Å². The summed E-state index contributed by atoms with van der Waals surface area (Å²) in [5, 5.41) is 37.2. The largest absolute Gasteiger partial charge is 2.00 e. The van der Waals surface area contributed by atoms with Gasteiger partial charge in [-0.25, -0.2) is 17.6 Å². The predicted molar refractivity (Wildman–Crippen MR) is 169 cm³/mol. The zero-order valence-electron chi connectivity index (χ0n) is 26.5. The van der Waals surface area contributed by atoms with E-state index in [2.05, 4.69) is 19.9 Å². The maximum Gasteiger partial charge on any atom is 2.00 e. The van der Waals surface area contributed by atoms with Crippen LogP contribution < -0.4 is 10.2 Å². The first-order valence-corrected chi connectivity index (χ1v) is 13.6. The van der Waals surface area contributed by atoms with E-state index in [0.717, 1.165) is 0 Å². The first-order chi connectivity index (χ1) is 23.8. The molecule has 0 spiro atoms. The van der Waals surface area contributed by atoms with Crippen molar-refractivity contribution in [3.8, 4) is 33.8 Å². The molecule has 0 saturated carbocycles. The normalized spacial score (nSPS) is 9.32. The smallest absolute Gasteiger partial charge is 0.545 e. The van der Waals surface area contributed by atoms with Crippen LogP contribution in [-0.4, -0.2) is 42.1 Å². The van der Waals surface area contributed by atoms with Crippen molar-refractivity contribution < 1.29 is 84.4 Å². The molecule has 4 heterocycles. The number of carbonyl (C=O) groups excluding carboxylic acids is 2. The number of halogens is 6. The summed E-state index contributed by atoms with van der Waals surface area (Å²) in [4.78, 5) is 36.0. The molecule has 0 aliphatic carbocycles. The Morgan fingerprint density at radius 3 is 0.849 bits per heavy atom. The van der Waals surface area contributed by atoms with E-state index in [1.54, 1.807) is 49.6 Å². The summed E-state index contributed by atoms with van der Waals surface area (Å²) < 4.78 is 74.7. The van der Waals surface area contributed by atoms with E-state index in [4.69, 9.17) is 10.2 Å². The minimum atomic E-state index is -2.04. The summed E-state index contributed by atoms with van der Waals surface area (Å²) in [5.41, 5.74) is 2.24. The standard InChI is InChI=1S/2C10H8N2.2C7H3F3O3.Mn.2H2O/c2*1-5-11-6-2-9(1)10-3-7-12-8-4-10;2*8-3-1-2(7(12)13)4(9)6(11)5(3)10;;;/h2*1-8H;2*1,11H,(H,12,13);;2*1H2/q;;;;+2;;. The first kappa shape index (κ1) is 46.6. The molecular weight excluding hydrogens is 761 g/mol. The monoisotopic (exact) mass is 787 g/mol. The van der Waals surface area contributed by atoms with Crippen LogP contribution in [0.1, 0.15) is 20.7 Å². The Balaban J connectivity index is 0.000000668. The fourth-order valence-corrected chi connectivity index (χ4v) is 3.66. The minimum absolute atomic E-state index is 0. The van der Waals surface area contributed by atoms with Crippen LogP contribution in [0.15, 0.2) is 110 Å². The van der Waals surface area contributed by atoms with Gasteiger partial charge in [0.1, 0.15) is 0 Å². The second-order valence-corrected chi connectivity index (χ2v) is 9.28. The van der Waals surface area contributed by atoms with E-state index in [-0.39, 0.29) is 40.2 Å². The molecule has 0 saturated heterocycles. The molecule has 8 N–H and O–H groups in total. The number of phenols is 2. The third-order valence-electron chi connectivity index (χ3n) is 6.09. The van der Waals surface area contributed by atoms with Crippen molar-refractivity contribution in [3.05, 3.63) is 156 Å². The third-order valence-corrected chi connectivity index (χ3v) is 6.09. The van der Waals surface area contributed by atoms with Crippen molar-refractivity contribution in [2.24, 2.45) is 0 Å². The van der Waals surface area contributed by atoms with Crippen LogP contribution in [-0.2, 0) is 28.0 Å². The van der Waals surface area contributed by atoms with Gasteiger partial charge in [0.05, 0.1) is 11.9 Å². The second kappa shape index (κ2) is 22.4. The summed E-state index contributed by atoms with van der Waals surface area (Å²) in [6.45, 7) is 0. The van der Waals surface area contributed by atoms with Crippen LogP contribution >= 0.6 is 0 Å². The van der Waals surface area contributed by atoms with Crippen LogP contribution in [0.5, 0.6) is 11.5 Å². The van der Waals surface area contributed by atoms with E-state index in [1.807, 2.05) is 48.5 Å². The van der Waals surface area contributed by atoms with Gasteiger partial charge in [0.2, 0.25) is 11.6 Å². The van der Waals surface area contributed by atoms with E-state index in [1.165, 1.54) is 22.3 Å². The summed E-state index contributed by atoms with van der Waals surface area (Å²) in [5.74, 6) is -17.9. The Morgan fingerprint density at radius 2 is 0.660 bits per heavy atom. The molecule has 12 nitrogen and oxygen atoms in total. The van der Waals surface area contributed by atoms with Crippen LogP contribution in [0.2, 0.25) is 0 Å². The third kappa shape index (κ3) is 13.0. The fourth-order valence-electron chi connectivity index (χ4n) is 3.66. The fraction of sp³-hybridized carbons (Fsp3) is 0. The number of aromatic hydroxyl groups is 2. The molecule has 277 valence electrons. The molecule has 2 aromatic carbocycles. The Morgan fingerprint density at radius 1 is 0.453 bits per heavy atom. The molecule has 4 aromatic heterocycles. The molecule has 19 heteroatoms. The quantitative estimate of drug-likeness (QED) is 0.115. The van der Waals surface area contributed by atoms with E-state index < -0.39 is 69.5 Å². The molecule has 6 aromatic rings. The van der Waals surface area contributed by atoms with E-state index in [9.17, 15) is 46.1 Å². The zero-order chi connectivity index (χ0) is 36.8. The number of carboxylic acid groups (broad SMARTS) is 2. The van der Waals surface area contributed by atoms with Crippen LogP contribution in [0.4, 0.5) is 26.3 Å². The summed E-state index contributed by atoms with van der Waals surface area (Å²) in [7, 11) is 0. The topological polar surface area (TPSA) is 238 Å². The van der Waals surface area contributed by atoms with Crippen LogP contribution in [0.3, 0.4) is 0 Å². The van der Waals surface area contributed by atoms with Gasteiger partial charge in [0, 0.05) is 60.7 Å². The molecule has 0 atom stereocenters. The molecular formula is C34H26F6MnN4O8+2. The molecule has 0 bridgehead atoms. The van der Waals surface area contributed by atoms with Gasteiger partial charge in [-0.3, -0.25) is 19.9 Å². The van der Waals surface area contributed by atoms with Gasteiger partial charge < -0.3 is 41.0 Å². The zero-order valence-corrected chi connectivity index (χ0v) is 27.7. The van der Waals surface area contributed by atoms with Crippen LogP contribution in [0.25, 0.3) is 22.3 Å². The predicted octanol–water partition coefficient (Wildman–Crippen LogP) is 2.79. The maximum atomic E-state index is 12.6. The molecule has 0 amide bonds. The van der Waals surface area contributed by atoms with E-state index in [0.29, 0.717) is 0 Å². The van der Waals surface area contributed by atoms with Gasteiger partial charge >= 0.3 is 17.1 Å². The molecule has 53 heavy (non-hydrogen) atoms. The van der Waals surface area contributed by atoms with E-state index >= 15 is 0 Å². The summed E-state index contributed by atoms with van der Waals surface area (Å²) in [6, 6.07) is 16.0. The van der Waals surface area contributed by atoms with Crippen molar-refractivity contribution in [1.82, 2.24) is 19.9 Å². The van der Waals surface area contributed by atoms with Gasteiger partial charge in [-0.15, -0.1) is 0 Å². The van der Waals surface area contributed by atoms with Gasteiger partial charge in [-0.1, -0.05) is 0 Å². The Kier molecular flexibility index (Phi) is 19.7. The van der Waals surface area contributed by atoms with Crippen LogP contribution in [0, 0.1) is 34.9 Å². The number of phenolic OH excluding ortho intramolecular Hbond substituents is 2. The molecule has 1 radical (unpaired) electrons. The Bertz CT molecular complexity index is 1840.